The van der Waals surface area contributed by atoms with Crippen molar-refractivity contribution in [3.63, 3.8) is 0 Å². The van der Waals surface area contributed by atoms with Crippen LogP contribution in [-0.2, 0) is 17.8 Å². The summed E-state index contributed by atoms with van der Waals surface area (Å²) >= 11 is 0. The SMILES string of the molecule is CC(C)C[C@H](NC(=O)[C@H](Cc1ccccc1)NC(=O)Nc1cccc(OCc2ccccc2)c1)B(O)O. The molecule has 0 saturated heterocycles. The third kappa shape index (κ3) is 9.63. The highest BCUT2D eigenvalue weighted by Gasteiger charge is 2.30. The van der Waals surface area contributed by atoms with Crippen molar-refractivity contribution >= 4 is 24.7 Å². The molecule has 194 valence electrons. The fourth-order valence-electron chi connectivity index (χ4n) is 3.84. The van der Waals surface area contributed by atoms with Gasteiger partial charge in [-0.3, -0.25) is 4.79 Å². The third-order valence-corrected chi connectivity index (χ3v) is 5.66. The van der Waals surface area contributed by atoms with Crippen LogP contribution in [0.25, 0.3) is 0 Å². The van der Waals surface area contributed by atoms with E-state index in [0.717, 1.165) is 11.1 Å². The zero-order chi connectivity index (χ0) is 26.6. The molecule has 9 heteroatoms. The number of carbonyl (C=O) groups excluding carboxylic acids is 2. The van der Waals surface area contributed by atoms with Crippen LogP contribution in [0, 0.1) is 5.92 Å². The number of nitrogens with one attached hydrogen (secondary N) is 3. The van der Waals surface area contributed by atoms with Crippen molar-refractivity contribution < 1.29 is 24.4 Å². The second-order valence-electron chi connectivity index (χ2n) is 9.30. The van der Waals surface area contributed by atoms with E-state index in [9.17, 15) is 19.6 Å². The molecule has 3 rings (SSSR count). The Morgan fingerprint density at radius 3 is 2.14 bits per heavy atom. The number of carbonyl (C=O) groups is 2. The summed E-state index contributed by atoms with van der Waals surface area (Å²) in [6.45, 7) is 4.24. The molecule has 0 aliphatic carbocycles. The first-order chi connectivity index (χ1) is 17.8. The summed E-state index contributed by atoms with van der Waals surface area (Å²) in [5.41, 5.74) is 2.38. The lowest BCUT2D eigenvalue weighted by molar-refractivity contribution is -0.123. The topological polar surface area (TPSA) is 120 Å². The molecule has 0 fully saturated rings. The normalized spacial score (nSPS) is 12.4. The molecule has 37 heavy (non-hydrogen) atoms. The van der Waals surface area contributed by atoms with Crippen molar-refractivity contribution in [1.29, 1.82) is 0 Å². The molecule has 0 aliphatic heterocycles. The van der Waals surface area contributed by atoms with Crippen LogP contribution in [0.2, 0.25) is 0 Å². The highest BCUT2D eigenvalue weighted by molar-refractivity contribution is 6.43. The zero-order valence-corrected chi connectivity index (χ0v) is 21.1. The molecule has 0 unspecified atom stereocenters. The number of ether oxygens (including phenoxy) is 1. The average Bonchev–Trinajstić information content (AvgIpc) is 2.88. The third-order valence-electron chi connectivity index (χ3n) is 5.66. The van der Waals surface area contributed by atoms with Gasteiger partial charge in [0.1, 0.15) is 18.4 Å². The van der Waals surface area contributed by atoms with Crippen LogP contribution in [-0.4, -0.2) is 41.1 Å². The minimum absolute atomic E-state index is 0.132. The largest absolute Gasteiger partial charge is 0.489 e. The van der Waals surface area contributed by atoms with Gasteiger partial charge in [-0.1, -0.05) is 80.6 Å². The van der Waals surface area contributed by atoms with Crippen molar-refractivity contribution in [3.8, 4) is 5.75 Å². The molecular weight excluding hydrogens is 469 g/mol. The number of rotatable bonds is 12. The van der Waals surface area contributed by atoms with Gasteiger partial charge < -0.3 is 30.7 Å². The summed E-state index contributed by atoms with van der Waals surface area (Å²) in [6.07, 6.45) is 0.611. The standard InChI is InChI=1S/C28H34BN3O5/c1-20(2)16-26(29(35)36)32-27(33)25(17-21-10-5-3-6-11-21)31-28(34)30-23-14-9-15-24(18-23)37-19-22-12-7-4-8-13-22/h3-15,18,20,25-26,35-36H,16-17,19H2,1-2H3,(H,32,33)(H2,30,31,34)/t25-,26-/m0/s1. The average molecular weight is 503 g/mol. The first-order valence-electron chi connectivity index (χ1n) is 12.3. The lowest BCUT2D eigenvalue weighted by atomic mass is 9.75. The van der Waals surface area contributed by atoms with Gasteiger partial charge in [-0.15, -0.1) is 0 Å². The molecule has 0 aliphatic rings. The first kappa shape index (κ1) is 27.8. The predicted molar refractivity (Wildman–Crippen MR) is 145 cm³/mol. The molecule has 3 aromatic carbocycles. The number of benzene rings is 3. The number of hydrogen-bond donors (Lipinski definition) is 5. The Morgan fingerprint density at radius 2 is 1.51 bits per heavy atom. The van der Waals surface area contributed by atoms with Crippen molar-refractivity contribution in [2.24, 2.45) is 5.92 Å². The van der Waals surface area contributed by atoms with E-state index < -0.39 is 31.0 Å². The fraction of sp³-hybridized carbons (Fsp3) is 0.286. The smallest absolute Gasteiger partial charge is 0.475 e. The number of hydrogen-bond acceptors (Lipinski definition) is 5. The van der Waals surface area contributed by atoms with Gasteiger partial charge in [0.05, 0.1) is 5.94 Å². The Hall–Kier alpha value is -3.82. The number of urea groups is 1. The van der Waals surface area contributed by atoms with E-state index in [0.29, 0.717) is 24.5 Å². The summed E-state index contributed by atoms with van der Waals surface area (Å²) < 4.78 is 5.83. The van der Waals surface area contributed by atoms with Crippen LogP contribution in [0.5, 0.6) is 5.75 Å². The molecule has 0 bridgehead atoms. The van der Waals surface area contributed by atoms with Gasteiger partial charge in [-0.2, -0.15) is 0 Å². The Labute approximate surface area is 218 Å². The van der Waals surface area contributed by atoms with Gasteiger partial charge in [0.25, 0.3) is 0 Å². The van der Waals surface area contributed by atoms with Crippen LogP contribution in [0.3, 0.4) is 0 Å². The molecule has 0 radical (unpaired) electrons. The molecule has 0 saturated carbocycles. The number of anilines is 1. The molecule has 0 aromatic heterocycles. The van der Waals surface area contributed by atoms with E-state index in [4.69, 9.17) is 4.74 Å². The van der Waals surface area contributed by atoms with Gasteiger partial charge in [-0.05, 0) is 35.6 Å². The van der Waals surface area contributed by atoms with E-state index >= 15 is 0 Å². The maximum atomic E-state index is 13.1. The molecule has 5 N–H and O–H groups in total. The molecule has 0 spiro atoms. The monoisotopic (exact) mass is 503 g/mol. The zero-order valence-electron chi connectivity index (χ0n) is 21.1. The Kier molecular flexibility index (Phi) is 10.6. The molecule has 0 heterocycles. The summed E-state index contributed by atoms with van der Waals surface area (Å²) in [4.78, 5) is 26.0. The lowest BCUT2D eigenvalue weighted by Gasteiger charge is -2.24. The molecular formula is C28H34BN3O5. The fourth-order valence-corrected chi connectivity index (χ4v) is 3.84. The van der Waals surface area contributed by atoms with E-state index in [1.807, 2.05) is 74.5 Å². The maximum Gasteiger partial charge on any atom is 0.475 e. The van der Waals surface area contributed by atoms with Crippen LogP contribution < -0.4 is 20.7 Å². The van der Waals surface area contributed by atoms with E-state index in [1.54, 1.807) is 24.3 Å². The summed E-state index contributed by atoms with van der Waals surface area (Å²) in [5.74, 6) is -0.632. The quantitative estimate of drug-likeness (QED) is 0.242. The van der Waals surface area contributed by atoms with Gasteiger partial charge in [0.2, 0.25) is 5.91 Å². The van der Waals surface area contributed by atoms with Crippen molar-refractivity contribution in [2.45, 2.75) is 45.3 Å². The van der Waals surface area contributed by atoms with E-state index in [-0.39, 0.29) is 12.3 Å². The highest BCUT2D eigenvalue weighted by atomic mass is 16.5. The van der Waals surface area contributed by atoms with Crippen LogP contribution >= 0.6 is 0 Å². The van der Waals surface area contributed by atoms with E-state index in [1.165, 1.54) is 0 Å². The van der Waals surface area contributed by atoms with Gasteiger partial charge in [0.15, 0.2) is 0 Å². The molecule has 3 amide bonds. The second-order valence-corrected chi connectivity index (χ2v) is 9.30. The van der Waals surface area contributed by atoms with E-state index in [2.05, 4.69) is 16.0 Å². The predicted octanol–water partition coefficient (Wildman–Crippen LogP) is 3.54. The first-order valence-corrected chi connectivity index (χ1v) is 12.3. The maximum absolute atomic E-state index is 13.1. The van der Waals surface area contributed by atoms with Crippen molar-refractivity contribution in [1.82, 2.24) is 10.6 Å². The Morgan fingerprint density at radius 1 is 0.865 bits per heavy atom. The van der Waals surface area contributed by atoms with Crippen LogP contribution in [0.15, 0.2) is 84.9 Å². The van der Waals surface area contributed by atoms with Crippen molar-refractivity contribution in [3.05, 3.63) is 96.1 Å². The Bertz CT molecular complexity index is 1130. The van der Waals surface area contributed by atoms with Crippen LogP contribution in [0.1, 0.15) is 31.4 Å². The minimum atomic E-state index is -1.71. The minimum Gasteiger partial charge on any atom is -0.489 e. The molecule has 8 nitrogen and oxygen atoms in total. The number of amides is 3. The summed E-state index contributed by atoms with van der Waals surface area (Å²) in [5, 5.41) is 27.6. The summed E-state index contributed by atoms with van der Waals surface area (Å²) in [7, 11) is -1.71. The lowest BCUT2D eigenvalue weighted by Crippen LogP contribution is -2.55. The van der Waals surface area contributed by atoms with Gasteiger partial charge in [-0.25, -0.2) is 4.79 Å². The van der Waals surface area contributed by atoms with Gasteiger partial charge in [0, 0.05) is 18.2 Å². The highest BCUT2D eigenvalue weighted by Crippen LogP contribution is 2.19. The second kappa shape index (κ2) is 14.1. The Balaban J connectivity index is 1.66. The summed E-state index contributed by atoms with van der Waals surface area (Å²) in [6, 6.07) is 24.5. The van der Waals surface area contributed by atoms with Crippen molar-refractivity contribution in [2.75, 3.05) is 5.32 Å². The van der Waals surface area contributed by atoms with Crippen LogP contribution in [0.4, 0.5) is 10.5 Å². The molecule has 3 aromatic rings. The molecule has 2 atom stereocenters. The van der Waals surface area contributed by atoms with Gasteiger partial charge >= 0.3 is 13.1 Å².